The zero-order valence-corrected chi connectivity index (χ0v) is 11.2. The van der Waals surface area contributed by atoms with E-state index in [9.17, 15) is 15.4 Å². The Morgan fingerprint density at radius 1 is 1.37 bits per heavy atom. The lowest BCUT2D eigenvalue weighted by Crippen LogP contribution is -2.25. The van der Waals surface area contributed by atoms with Gasteiger partial charge in [0.2, 0.25) is 0 Å². The van der Waals surface area contributed by atoms with Crippen molar-refractivity contribution in [1.29, 1.82) is 5.26 Å². The van der Waals surface area contributed by atoms with Crippen LogP contribution < -0.4 is 0 Å². The molecule has 0 atom stereocenters. The predicted octanol–water partition coefficient (Wildman–Crippen LogP) is 3.92. The molecule has 1 fully saturated rings. The Bertz CT molecular complexity index is 525. The highest BCUT2D eigenvalue weighted by molar-refractivity contribution is 5.45. The van der Waals surface area contributed by atoms with Crippen LogP contribution in [0.3, 0.4) is 0 Å². The molecule has 0 aliphatic heterocycles. The number of rotatable bonds is 3. The number of nitriles is 1. The lowest BCUT2D eigenvalue weighted by atomic mass is 9.71. The number of benzene rings is 1. The van der Waals surface area contributed by atoms with Crippen LogP contribution >= 0.6 is 0 Å². The monoisotopic (exact) mass is 258 g/mol. The van der Waals surface area contributed by atoms with Crippen molar-refractivity contribution in [3.63, 3.8) is 0 Å². The average molecular weight is 258 g/mol. The minimum Gasteiger partial charge on any atom is -0.258 e. The first-order chi connectivity index (χ1) is 9.08. The summed E-state index contributed by atoms with van der Waals surface area (Å²) < 4.78 is 0. The van der Waals surface area contributed by atoms with Gasteiger partial charge in [0.15, 0.2) is 0 Å². The second-order valence-corrected chi connectivity index (χ2v) is 5.45. The number of hydrogen-bond acceptors (Lipinski definition) is 3. The summed E-state index contributed by atoms with van der Waals surface area (Å²) in [6.45, 7) is 1.78. The fourth-order valence-corrected chi connectivity index (χ4v) is 2.98. The second kappa shape index (κ2) is 5.40. The van der Waals surface area contributed by atoms with Gasteiger partial charge in [-0.25, -0.2) is 0 Å². The van der Waals surface area contributed by atoms with Crippen molar-refractivity contribution in [2.24, 2.45) is 5.41 Å². The first-order valence-corrected chi connectivity index (χ1v) is 6.72. The lowest BCUT2D eigenvalue weighted by Gasteiger charge is -2.31. The molecule has 4 heteroatoms. The largest absolute Gasteiger partial charge is 0.272 e. The standard InChI is InChI=1S/C15H18N2O2/c1-12-13(6-5-7-14(12)17(18)19)10-15(11-16)8-3-2-4-9-15/h5-7H,2-4,8-10H2,1H3. The van der Waals surface area contributed by atoms with Crippen LogP contribution in [-0.2, 0) is 6.42 Å². The van der Waals surface area contributed by atoms with Crippen LogP contribution in [0.15, 0.2) is 18.2 Å². The Labute approximate surface area is 113 Å². The molecule has 19 heavy (non-hydrogen) atoms. The molecule has 0 radical (unpaired) electrons. The second-order valence-electron chi connectivity index (χ2n) is 5.45. The average Bonchev–Trinajstić information content (AvgIpc) is 2.42. The maximum atomic E-state index is 11.0. The molecule has 1 aromatic rings. The van der Waals surface area contributed by atoms with Crippen molar-refractivity contribution in [2.75, 3.05) is 0 Å². The van der Waals surface area contributed by atoms with Crippen LogP contribution in [0.25, 0.3) is 0 Å². The van der Waals surface area contributed by atoms with Crippen molar-refractivity contribution in [3.05, 3.63) is 39.4 Å². The van der Waals surface area contributed by atoms with Gasteiger partial charge in [0.05, 0.1) is 16.4 Å². The molecule has 1 aliphatic carbocycles. The fraction of sp³-hybridized carbons (Fsp3) is 0.533. The molecule has 100 valence electrons. The van der Waals surface area contributed by atoms with Gasteiger partial charge in [0, 0.05) is 11.6 Å². The van der Waals surface area contributed by atoms with Crippen molar-refractivity contribution in [3.8, 4) is 6.07 Å². The first-order valence-electron chi connectivity index (χ1n) is 6.72. The van der Waals surface area contributed by atoms with E-state index in [1.54, 1.807) is 13.0 Å². The smallest absolute Gasteiger partial charge is 0.258 e. The molecule has 2 rings (SSSR count). The van der Waals surface area contributed by atoms with Gasteiger partial charge in [0.25, 0.3) is 5.69 Å². The number of nitro groups is 1. The molecule has 0 amide bonds. The van der Waals surface area contributed by atoms with Gasteiger partial charge in [-0.15, -0.1) is 0 Å². The summed E-state index contributed by atoms with van der Waals surface area (Å²) in [6, 6.07) is 7.63. The quantitative estimate of drug-likeness (QED) is 0.609. The molecule has 1 aromatic carbocycles. The number of nitrogens with zero attached hydrogens (tertiary/aromatic N) is 2. The van der Waals surface area contributed by atoms with E-state index in [0.29, 0.717) is 12.0 Å². The molecule has 0 aromatic heterocycles. The van der Waals surface area contributed by atoms with Crippen LogP contribution in [0.4, 0.5) is 5.69 Å². The summed E-state index contributed by atoms with van der Waals surface area (Å²) in [6.07, 6.45) is 5.81. The zero-order valence-electron chi connectivity index (χ0n) is 11.2. The Balaban J connectivity index is 2.30. The van der Waals surface area contributed by atoms with Crippen LogP contribution in [0, 0.1) is 33.8 Å². The van der Waals surface area contributed by atoms with Crippen LogP contribution in [0.2, 0.25) is 0 Å². The van der Waals surface area contributed by atoms with E-state index in [1.165, 1.54) is 12.5 Å². The van der Waals surface area contributed by atoms with Crippen LogP contribution in [0.5, 0.6) is 0 Å². The SMILES string of the molecule is Cc1c(CC2(C#N)CCCCC2)cccc1[N+](=O)[O-]. The van der Waals surface area contributed by atoms with Crippen molar-refractivity contribution >= 4 is 5.69 Å². The number of nitro benzene ring substituents is 1. The topological polar surface area (TPSA) is 66.9 Å². The van der Waals surface area contributed by atoms with Crippen molar-refractivity contribution in [1.82, 2.24) is 0 Å². The summed E-state index contributed by atoms with van der Waals surface area (Å²) in [5.74, 6) is 0. The van der Waals surface area contributed by atoms with Crippen molar-refractivity contribution in [2.45, 2.75) is 45.4 Å². The molecule has 0 spiro atoms. The minimum absolute atomic E-state index is 0.154. The summed E-state index contributed by atoms with van der Waals surface area (Å²) in [7, 11) is 0. The summed E-state index contributed by atoms with van der Waals surface area (Å²) in [4.78, 5) is 10.6. The van der Waals surface area contributed by atoms with E-state index in [-0.39, 0.29) is 16.0 Å². The van der Waals surface area contributed by atoms with E-state index in [4.69, 9.17) is 0 Å². The summed E-state index contributed by atoms with van der Waals surface area (Å²) in [5, 5.41) is 20.4. The van der Waals surface area contributed by atoms with Gasteiger partial charge in [-0.3, -0.25) is 10.1 Å². The van der Waals surface area contributed by atoms with E-state index in [1.807, 2.05) is 6.07 Å². The molecule has 1 aliphatic rings. The third kappa shape index (κ3) is 2.76. The van der Waals surface area contributed by atoms with Gasteiger partial charge in [0.1, 0.15) is 0 Å². The first kappa shape index (κ1) is 13.5. The van der Waals surface area contributed by atoms with Gasteiger partial charge in [-0.2, -0.15) is 5.26 Å². The molecule has 0 unspecified atom stereocenters. The van der Waals surface area contributed by atoms with E-state index in [2.05, 4.69) is 6.07 Å². The third-order valence-electron chi connectivity index (χ3n) is 4.19. The Hall–Kier alpha value is -1.89. The predicted molar refractivity (Wildman–Crippen MR) is 72.7 cm³/mol. The zero-order chi connectivity index (χ0) is 13.9. The van der Waals surface area contributed by atoms with Gasteiger partial charge >= 0.3 is 0 Å². The van der Waals surface area contributed by atoms with Crippen LogP contribution in [-0.4, -0.2) is 4.92 Å². The van der Waals surface area contributed by atoms with E-state index in [0.717, 1.165) is 31.2 Å². The Morgan fingerprint density at radius 2 is 2.05 bits per heavy atom. The van der Waals surface area contributed by atoms with Gasteiger partial charge in [-0.05, 0) is 31.7 Å². The maximum Gasteiger partial charge on any atom is 0.272 e. The molecule has 0 bridgehead atoms. The normalized spacial score (nSPS) is 17.7. The molecule has 1 saturated carbocycles. The third-order valence-corrected chi connectivity index (χ3v) is 4.19. The summed E-state index contributed by atoms with van der Waals surface area (Å²) >= 11 is 0. The maximum absolute atomic E-state index is 11.0. The minimum atomic E-state index is -0.348. The highest BCUT2D eigenvalue weighted by Crippen LogP contribution is 2.39. The fourth-order valence-electron chi connectivity index (χ4n) is 2.98. The molecular weight excluding hydrogens is 240 g/mol. The molecule has 0 heterocycles. The molecule has 0 N–H and O–H groups in total. The highest BCUT2D eigenvalue weighted by atomic mass is 16.6. The molecule has 4 nitrogen and oxygen atoms in total. The summed E-state index contributed by atoms with van der Waals surface area (Å²) in [5.41, 5.74) is 1.48. The number of hydrogen-bond donors (Lipinski definition) is 0. The lowest BCUT2D eigenvalue weighted by molar-refractivity contribution is -0.385. The van der Waals surface area contributed by atoms with Crippen molar-refractivity contribution < 1.29 is 4.92 Å². The van der Waals surface area contributed by atoms with Gasteiger partial charge < -0.3 is 0 Å². The van der Waals surface area contributed by atoms with Crippen LogP contribution in [0.1, 0.15) is 43.2 Å². The Kier molecular flexibility index (Phi) is 3.84. The molecule has 0 saturated heterocycles. The highest BCUT2D eigenvalue weighted by Gasteiger charge is 2.33. The van der Waals surface area contributed by atoms with E-state index >= 15 is 0 Å². The Morgan fingerprint density at radius 3 is 2.63 bits per heavy atom. The molecular formula is C15H18N2O2. The van der Waals surface area contributed by atoms with E-state index < -0.39 is 0 Å². The van der Waals surface area contributed by atoms with Gasteiger partial charge in [-0.1, -0.05) is 31.4 Å².